The molecule has 2 N–H and O–H groups in total. The normalized spacial score (nSPS) is 17.0. The number of hydrogen-bond donors (Lipinski definition) is 2. The molecule has 1 atom stereocenters. The van der Waals surface area contributed by atoms with Crippen molar-refractivity contribution in [3.63, 3.8) is 0 Å². The van der Waals surface area contributed by atoms with Crippen molar-refractivity contribution in [3.8, 4) is 0 Å². The topological polar surface area (TPSA) is 79.8 Å². The molecule has 8 heteroatoms. The molecule has 1 heterocycles. The Labute approximate surface area is 157 Å². The number of aliphatic imine (C=N–C) groups is 1. The summed E-state index contributed by atoms with van der Waals surface area (Å²) in [4.78, 5) is 4.56. The Hall–Kier alpha value is -0.350. The minimum Gasteiger partial charge on any atom is -0.377 e. The number of ether oxygens (including phenoxy) is 1. The van der Waals surface area contributed by atoms with E-state index >= 15 is 0 Å². The largest absolute Gasteiger partial charge is 0.377 e. The molecule has 0 fully saturated rings. The van der Waals surface area contributed by atoms with E-state index in [-0.39, 0.29) is 35.8 Å². The number of sulfone groups is 1. The average molecular weight is 459 g/mol. The fourth-order valence-corrected chi connectivity index (χ4v) is 2.90. The van der Waals surface area contributed by atoms with Crippen LogP contribution in [0.3, 0.4) is 0 Å². The van der Waals surface area contributed by atoms with Gasteiger partial charge in [0, 0.05) is 25.4 Å². The van der Waals surface area contributed by atoms with Crippen LogP contribution in [-0.2, 0) is 14.6 Å². The van der Waals surface area contributed by atoms with Crippen LogP contribution in [0.15, 0.2) is 16.6 Å². The van der Waals surface area contributed by atoms with Crippen molar-refractivity contribution in [2.45, 2.75) is 39.2 Å². The second kappa shape index (κ2) is 12.1. The van der Waals surface area contributed by atoms with Gasteiger partial charge in [0.1, 0.15) is 9.84 Å². The van der Waals surface area contributed by atoms with E-state index in [4.69, 9.17) is 4.74 Å². The molecular formula is C15H30IN3O3S. The number of nitrogens with one attached hydrogen (secondary N) is 2. The van der Waals surface area contributed by atoms with E-state index in [1.807, 2.05) is 13.8 Å². The summed E-state index contributed by atoms with van der Waals surface area (Å²) in [6, 6.07) is 0.0646. The maximum absolute atomic E-state index is 11.2. The Morgan fingerprint density at radius 3 is 2.78 bits per heavy atom. The molecule has 0 aromatic rings. The van der Waals surface area contributed by atoms with Gasteiger partial charge >= 0.3 is 0 Å². The predicted octanol–water partition coefficient (Wildman–Crippen LogP) is 1.72. The van der Waals surface area contributed by atoms with Gasteiger partial charge in [-0.25, -0.2) is 8.42 Å². The zero-order valence-electron chi connectivity index (χ0n) is 14.3. The molecule has 23 heavy (non-hydrogen) atoms. The van der Waals surface area contributed by atoms with Crippen LogP contribution in [0.25, 0.3) is 0 Å². The highest BCUT2D eigenvalue weighted by Gasteiger charge is 2.09. The van der Waals surface area contributed by atoms with Gasteiger partial charge in [0.2, 0.25) is 0 Å². The van der Waals surface area contributed by atoms with E-state index in [0.29, 0.717) is 13.0 Å². The first-order valence-electron chi connectivity index (χ1n) is 7.89. The average Bonchev–Trinajstić information content (AvgIpc) is 2.46. The van der Waals surface area contributed by atoms with Crippen LogP contribution in [0.4, 0.5) is 0 Å². The highest BCUT2D eigenvalue weighted by atomic mass is 127. The van der Waals surface area contributed by atoms with Gasteiger partial charge in [0.25, 0.3) is 0 Å². The summed E-state index contributed by atoms with van der Waals surface area (Å²) in [5.74, 6) is 0.934. The Morgan fingerprint density at radius 1 is 1.48 bits per heavy atom. The molecule has 0 spiro atoms. The van der Waals surface area contributed by atoms with Crippen LogP contribution >= 0.6 is 24.0 Å². The zero-order chi connectivity index (χ0) is 16.4. The van der Waals surface area contributed by atoms with Gasteiger partial charge in [-0.3, -0.25) is 4.99 Å². The van der Waals surface area contributed by atoms with E-state index in [2.05, 4.69) is 21.7 Å². The highest BCUT2D eigenvalue weighted by Crippen LogP contribution is 2.11. The van der Waals surface area contributed by atoms with Gasteiger partial charge in [-0.15, -0.1) is 24.0 Å². The van der Waals surface area contributed by atoms with Crippen molar-refractivity contribution in [2.24, 2.45) is 4.99 Å². The van der Waals surface area contributed by atoms with Crippen molar-refractivity contribution in [3.05, 3.63) is 11.6 Å². The van der Waals surface area contributed by atoms with E-state index in [0.717, 1.165) is 38.5 Å². The fourth-order valence-electron chi connectivity index (χ4n) is 2.12. The van der Waals surface area contributed by atoms with Crippen LogP contribution in [0, 0.1) is 0 Å². The van der Waals surface area contributed by atoms with Gasteiger partial charge in [0.15, 0.2) is 5.96 Å². The fraction of sp³-hybridized carbons (Fsp3) is 0.800. The molecule has 1 aliphatic rings. The minimum absolute atomic E-state index is 0. The van der Waals surface area contributed by atoms with E-state index in [1.54, 1.807) is 0 Å². The molecule has 1 aliphatic heterocycles. The molecule has 1 unspecified atom stereocenters. The molecule has 0 saturated carbocycles. The molecule has 0 radical (unpaired) electrons. The second-order valence-corrected chi connectivity index (χ2v) is 7.92. The third-order valence-corrected chi connectivity index (χ3v) is 4.39. The zero-order valence-corrected chi connectivity index (χ0v) is 17.4. The third kappa shape index (κ3) is 11.8. The molecule has 0 aromatic heterocycles. The Bertz CT molecular complexity index is 492. The summed E-state index contributed by atoms with van der Waals surface area (Å²) in [6.45, 7) is 7.00. The lowest BCUT2D eigenvalue weighted by Crippen LogP contribution is -2.42. The van der Waals surface area contributed by atoms with Gasteiger partial charge in [0.05, 0.1) is 19.0 Å². The number of nitrogens with zero attached hydrogens (tertiary/aromatic N) is 1. The van der Waals surface area contributed by atoms with Crippen molar-refractivity contribution < 1.29 is 13.2 Å². The first-order chi connectivity index (χ1) is 10.4. The van der Waals surface area contributed by atoms with Gasteiger partial charge < -0.3 is 15.4 Å². The lowest BCUT2D eigenvalue weighted by molar-refractivity contribution is 0.153. The highest BCUT2D eigenvalue weighted by molar-refractivity contribution is 14.0. The monoisotopic (exact) mass is 459 g/mol. The number of guanidine groups is 1. The number of halogens is 1. The van der Waals surface area contributed by atoms with Gasteiger partial charge in [-0.1, -0.05) is 11.6 Å². The summed E-state index contributed by atoms with van der Waals surface area (Å²) in [5.41, 5.74) is 1.40. The quantitative estimate of drug-likeness (QED) is 0.250. The molecule has 0 aliphatic carbocycles. The maximum Gasteiger partial charge on any atom is 0.191 e. The van der Waals surface area contributed by atoms with Crippen molar-refractivity contribution >= 4 is 39.8 Å². The molecule has 0 aromatic carbocycles. The molecule has 6 nitrogen and oxygen atoms in total. The molecule has 0 amide bonds. The Balaban J connectivity index is 0.00000484. The Kier molecular flexibility index (Phi) is 11.9. The number of hydrogen-bond acceptors (Lipinski definition) is 4. The van der Waals surface area contributed by atoms with E-state index < -0.39 is 9.84 Å². The molecule has 136 valence electrons. The lowest BCUT2D eigenvalue weighted by atomic mass is 10.1. The van der Waals surface area contributed by atoms with Crippen LogP contribution in [-0.4, -0.2) is 58.7 Å². The van der Waals surface area contributed by atoms with Crippen LogP contribution < -0.4 is 10.6 Å². The standard InChI is InChI=1S/C15H29N3O3S.HI/c1-4-16-15(18-13(2)8-12-22(3,19)20)17-9-5-14-6-10-21-11-7-14;/h6,13H,4-5,7-12H2,1-3H3,(H2,16,17,18);1H. The lowest BCUT2D eigenvalue weighted by Gasteiger charge is -2.18. The molecule has 0 saturated heterocycles. The molecule has 1 rings (SSSR count). The summed E-state index contributed by atoms with van der Waals surface area (Å²) in [7, 11) is -2.92. The predicted molar refractivity (Wildman–Crippen MR) is 106 cm³/mol. The second-order valence-electron chi connectivity index (χ2n) is 5.66. The number of rotatable bonds is 8. The third-order valence-electron chi connectivity index (χ3n) is 3.41. The summed E-state index contributed by atoms with van der Waals surface area (Å²) >= 11 is 0. The molecular weight excluding hydrogens is 429 g/mol. The van der Waals surface area contributed by atoms with Gasteiger partial charge in [-0.05, 0) is 33.1 Å². The maximum atomic E-state index is 11.2. The smallest absolute Gasteiger partial charge is 0.191 e. The van der Waals surface area contributed by atoms with E-state index in [1.165, 1.54) is 11.8 Å². The SMILES string of the molecule is CCNC(=NCCC1=CCOCC1)NC(C)CCS(C)(=O)=O.I. The minimum atomic E-state index is -2.92. The molecule has 0 bridgehead atoms. The summed E-state index contributed by atoms with van der Waals surface area (Å²) < 4.78 is 27.7. The van der Waals surface area contributed by atoms with Crippen molar-refractivity contribution in [1.29, 1.82) is 0 Å². The van der Waals surface area contributed by atoms with Crippen LogP contribution in [0.5, 0.6) is 0 Å². The first-order valence-corrected chi connectivity index (χ1v) is 9.95. The van der Waals surface area contributed by atoms with E-state index in [9.17, 15) is 8.42 Å². The summed E-state index contributed by atoms with van der Waals surface area (Å²) in [5, 5.41) is 6.45. The van der Waals surface area contributed by atoms with Crippen molar-refractivity contribution in [2.75, 3.05) is 38.3 Å². The van der Waals surface area contributed by atoms with Crippen molar-refractivity contribution in [1.82, 2.24) is 10.6 Å². The van der Waals surface area contributed by atoms with Crippen LogP contribution in [0.1, 0.15) is 33.1 Å². The first kappa shape index (κ1) is 22.6. The van der Waals surface area contributed by atoms with Crippen LogP contribution in [0.2, 0.25) is 0 Å². The van der Waals surface area contributed by atoms with Gasteiger partial charge in [-0.2, -0.15) is 0 Å². The summed E-state index contributed by atoms with van der Waals surface area (Å²) in [6.07, 6.45) is 5.91. The Morgan fingerprint density at radius 2 is 2.22 bits per heavy atom.